The van der Waals surface area contributed by atoms with E-state index < -0.39 is 0 Å². The van der Waals surface area contributed by atoms with E-state index in [1.165, 1.54) is 5.56 Å². The second-order valence-electron chi connectivity index (χ2n) is 6.48. The number of amides is 1. The van der Waals surface area contributed by atoms with Crippen LogP contribution in [0.5, 0.6) is 0 Å². The van der Waals surface area contributed by atoms with Gasteiger partial charge in [0.25, 0.3) is 0 Å². The Kier molecular flexibility index (Phi) is 4.06. The highest BCUT2D eigenvalue weighted by molar-refractivity contribution is 5.87. The summed E-state index contributed by atoms with van der Waals surface area (Å²) < 4.78 is 1.82. The van der Waals surface area contributed by atoms with E-state index in [0.29, 0.717) is 0 Å². The molecule has 0 aromatic carbocycles. The maximum absolute atomic E-state index is 12.8. The zero-order chi connectivity index (χ0) is 15.7. The Balaban J connectivity index is 1.76. The quantitative estimate of drug-likeness (QED) is 0.752. The molecular formula is C16H25N5O. The van der Waals surface area contributed by atoms with Gasteiger partial charge in [-0.3, -0.25) is 19.3 Å². The van der Waals surface area contributed by atoms with Gasteiger partial charge in [-0.15, -0.1) is 6.58 Å². The second kappa shape index (κ2) is 5.85. The molecule has 2 saturated heterocycles. The number of hydrogen-bond acceptors (Lipinski definition) is 4. The Morgan fingerprint density at radius 3 is 2.86 bits per heavy atom. The van der Waals surface area contributed by atoms with E-state index >= 15 is 0 Å². The minimum Gasteiger partial charge on any atom is -0.343 e. The molecule has 0 unspecified atom stereocenters. The van der Waals surface area contributed by atoms with Crippen LogP contribution >= 0.6 is 0 Å². The average Bonchev–Trinajstić information content (AvgIpc) is 3.09. The number of likely N-dealkylation sites (tertiary alicyclic amines) is 1. The van der Waals surface area contributed by atoms with E-state index in [1.54, 1.807) is 0 Å². The molecule has 22 heavy (non-hydrogen) atoms. The highest BCUT2D eigenvalue weighted by atomic mass is 16.2. The molecule has 120 valence electrons. The van der Waals surface area contributed by atoms with Crippen LogP contribution in [0.2, 0.25) is 0 Å². The monoisotopic (exact) mass is 303 g/mol. The van der Waals surface area contributed by atoms with Gasteiger partial charge >= 0.3 is 0 Å². The van der Waals surface area contributed by atoms with E-state index in [4.69, 9.17) is 0 Å². The lowest BCUT2D eigenvalue weighted by Gasteiger charge is -2.46. The van der Waals surface area contributed by atoms with Crippen LogP contribution in [0.1, 0.15) is 12.0 Å². The fourth-order valence-corrected chi connectivity index (χ4v) is 3.75. The van der Waals surface area contributed by atoms with Crippen molar-refractivity contribution in [3.05, 3.63) is 30.6 Å². The number of aromatic nitrogens is 2. The van der Waals surface area contributed by atoms with E-state index in [0.717, 1.165) is 45.7 Å². The number of piperazine rings is 1. The molecule has 2 aliphatic rings. The Labute approximate surface area is 132 Å². The molecule has 6 nitrogen and oxygen atoms in total. The molecule has 2 fully saturated rings. The summed E-state index contributed by atoms with van der Waals surface area (Å²) in [5.74, 6) is 0.259. The zero-order valence-electron chi connectivity index (χ0n) is 13.5. The minimum atomic E-state index is -0.372. The van der Waals surface area contributed by atoms with E-state index in [2.05, 4.69) is 21.5 Å². The fraction of sp³-hybridized carbons (Fsp3) is 0.625. The summed E-state index contributed by atoms with van der Waals surface area (Å²) in [7, 11) is 3.85. The fourth-order valence-electron chi connectivity index (χ4n) is 3.75. The Morgan fingerprint density at radius 1 is 1.36 bits per heavy atom. The molecule has 3 heterocycles. The SMILES string of the molecule is C=CCN1CCN(C)C(=O)[C@@]12CCN(Cc1cnn(C)c1)C2. The zero-order valence-corrected chi connectivity index (χ0v) is 13.5. The number of rotatable bonds is 4. The van der Waals surface area contributed by atoms with Crippen LogP contribution < -0.4 is 0 Å². The van der Waals surface area contributed by atoms with Gasteiger partial charge in [0.05, 0.1) is 6.20 Å². The van der Waals surface area contributed by atoms with Crippen LogP contribution in [-0.2, 0) is 18.4 Å². The maximum atomic E-state index is 12.8. The van der Waals surface area contributed by atoms with Gasteiger partial charge in [-0.05, 0) is 6.42 Å². The minimum absolute atomic E-state index is 0.259. The molecule has 1 spiro atoms. The van der Waals surface area contributed by atoms with Crippen molar-refractivity contribution in [2.45, 2.75) is 18.5 Å². The largest absolute Gasteiger partial charge is 0.343 e. The third-order valence-corrected chi connectivity index (χ3v) is 4.90. The Bertz CT molecular complexity index is 569. The van der Waals surface area contributed by atoms with Crippen molar-refractivity contribution < 1.29 is 4.79 Å². The van der Waals surface area contributed by atoms with Crippen LogP contribution in [0.15, 0.2) is 25.0 Å². The highest BCUT2D eigenvalue weighted by Gasteiger charge is 2.51. The number of carbonyl (C=O) groups is 1. The lowest BCUT2D eigenvalue weighted by molar-refractivity contribution is -0.148. The van der Waals surface area contributed by atoms with Crippen LogP contribution in [0.3, 0.4) is 0 Å². The van der Waals surface area contributed by atoms with Gasteiger partial charge in [-0.25, -0.2) is 0 Å². The van der Waals surface area contributed by atoms with Crippen molar-refractivity contribution in [1.82, 2.24) is 24.5 Å². The van der Waals surface area contributed by atoms with Crippen molar-refractivity contribution in [2.75, 3.05) is 39.8 Å². The summed E-state index contributed by atoms with van der Waals surface area (Å²) in [6.45, 7) is 8.95. The van der Waals surface area contributed by atoms with Crippen molar-refractivity contribution in [3.8, 4) is 0 Å². The second-order valence-corrected chi connectivity index (χ2v) is 6.48. The van der Waals surface area contributed by atoms with Gasteiger partial charge in [0.15, 0.2) is 0 Å². The van der Waals surface area contributed by atoms with Gasteiger partial charge in [0.1, 0.15) is 5.54 Å². The van der Waals surface area contributed by atoms with E-state index in [-0.39, 0.29) is 11.4 Å². The first-order valence-electron chi connectivity index (χ1n) is 7.86. The Morgan fingerprint density at radius 2 is 2.18 bits per heavy atom. The molecule has 0 aliphatic carbocycles. The van der Waals surface area contributed by atoms with Gasteiger partial charge in [0.2, 0.25) is 5.91 Å². The number of aryl methyl sites for hydroxylation is 1. The molecule has 1 amide bonds. The topological polar surface area (TPSA) is 44.6 Å². The summed E-state index contributed by atoms with van der Waals surface area (Å²) in [6.07, 6.45) is 6.75. The van der Waals surface area contributed by atoms with Crippen molar-refractivity contribution in [1.29, 1.82) is 0 Å². The number of nitrogens with zero attached hydrogens (tertiary/aromatic N) is 5. The molecule has 1 aromatic heterocycles. The van der Waals surface area contributed by atoms with Crippen LogP contribution in [-0.4, -0.2) is 75.7 Å². The van der Waals surface area contributed by atoms with Crippen LogP contribution in [0.25, 0.3) is 0 Å². The van der Waals surface area contributed by atoms with Crippen LogP contribution in [0.4, 0.5) is 0 Å². The summed E-state index contributed by atoms with van der Waals surface area (Å²) in [5.41, 5.74) is 0.829. The van der Waals surface area contributed by atoms with Gasteiger partial charge < -0.3 is 4.90 Å². The molecule has 3 rings (SSSR count). The highest BCUT2D eigenvalue weighted by Crippen LogP contribution is 2.33. The first kappa shape index (κ1) is 15.2. The molecule has 6 heteroatoms. The normalized spacial score (nSPS) is 27.0. The van der Waals surface area contributed by atoms with Gasteiger partial charge in [-0.1, -0.05) is 6.08 Å². The summed E-state index contributed by atoms with van der Waals surface area (Å²) >= 11 is 0. The molecule has 0 N–H and O–H groups in total. The van der Waals surface area contributed by atoms with E-state index in [1.807, 2.05) is 42.1 Å². The smallest absolute Gasteiger partial charge is 0.244 e. The standard InChI is InChI=1S/C16H25N5O/c1-4-6-21-9-8-18(2)15(22)16(21)5-7-20(13-16)12-14-10-17-19(3)11-14/h4,10-11H,1,5-9,12-13H2,2-3H3/t16-/m0/s1. The third-order valence-electron chi connectivity index (χ3n) is 4.90. The molecule has 0 bridgehead atoms. The summed E-state index contributed by atoms with van der Waals surface area (Å²) in [4.78, 5) is 19.4. The lowest BCUT2D eigenvalue weighted by atomic mass is 9.91. The summed E-state index contributed by atoms with van der Waals surface area (Å²) in [6, 6.07) is 0. The molecule has 2 aliphatic heterocycles. The van der Waals surface area contributed by atoms with Crippen molar-refractivity contribution in [3.63, 3.8) is 0 Å². The molecule has 0 radical (unpaired) electrons. The molecular weight excluding hydrogens is 278 g/mol. The van der Waals surface area contributed by atoms with Crippen molar-refractivity contribution >= 4 is 5.91 Å². The number of hydrogen-bond donors (Lipinski definition) is 0. The molecule has 1 atom stereocenters. The first-order chi connectivity index (χ1) is 10.5. The average molecular weight is 303 g/mol. The van der Waals surface area contributed by atoms with Crippen LogP contribution in [0, 0.1) is 0 Å². The maximum Gasteiger partial charge on any atom is 0.244 e. The first-order valence-corrected chi connectivity index (χ1v) is 7.86. The van der Waals surface area contributed by atoms with E-state index in [9.17, 15) is 4.79 Å². The predicted octanol–water partition coefficient (Wildman–Crippen LogP) is 0.325. The predicted molar refractivity (Wildman–Crippen MR) is 85.2 cm³/mol. The number of likely N-dealkylation sites (N-methyl/N-ethyl adjacent to an activating group) is 1. The van der Waals surface area contributed by atoms with Gasteiger partial charge in [0, 0.05) is 65.1 Å². The Hall–Kier alpha value is -1.66. The summed E-state index contributed by atoms with van der Waals surface area (Å²) in [5, 5.41) is 4.23. The van der Waals surface area contributed by atoms with Crippen molar-refractivity contribution in [2.24, 2.45) is 7.05 Å². The molecule has 1 aromatic rings. The lowest BCUT2D eigenvalue weighted by Crippen LogP contribution is -2.66. The molecule has 0 saturated carbocycles. The van der Waals surface area contributed by atoms with Gasteiger partial charge in [-0.2, -0.15) is 5.10 Å². The number of carbonyl (C=O) groups excluding carboxylic acids is 1. The third kappa shape index (κ3) is 2.57.